The molecule has 0 bridgehead atoms. The van der Waals surface area contributed by atoms with Crippen molar-refractivity contribution in [3.05, 3.63) is 0 Å². The van der Waals surface area contributed by atoms with Gasteiger partial charge in [-0.2, -0.15) is 0 Å². The molecule has 1 aliphatic heterocycles. The molecule has 1 heterocycles. The highest BCUT2D eigenvalue weighted by atomic mass is 16.2. The second-order valence-electron chi connectivity index (χ2n) is 3.97. The molecule has 0 saturated carbocycles. The molecule has 1 fully saturated rings. The van der Waals surface area contributed by atoms with Gasteiger partial charge >= 0.3 is 6.03 Å². The molecule has 0 spiro atoms. The molecule has 1 rings (SSSR count). The van der Waals surface area contributed by atoms with Gasteiger partial charge in [0.05, 0.1) is 0 Å². The molecule has 1 N–H and O–H groups in total. The quantitative estimate of drug-likeness (QED) is 0.744. The number of hydrogen-bond donors (Lipinski definition) is 1. The standard InChI is InChI=1S/C10H21N3O.C2H6/c1-5-12(4)10(14)13-7-6-11-8(2)9(13)3;1-2/h8-9,11H,5-7H2,1-4H3;1-2H3. The maximum absolute atomic E-state index is 11.9. The summed E-state index contributed by atoms with van der Waals surface area (Å²) in [5.74, 6) is 0. The summed E-state index contributed by atoms with van der Waals surface area (Å²) in [6.07, 6.45) is 0. The van der Waals surface area contributed by atoms with Gasteiger partial charge in [0.15, 0.2) is 0 Å². The van der Waals surface area contributed by atoms with Crippen LogP contribution < -0.4 is 5.32 Å². The molecule has 0 aliphatic carbocycles. The van der Waals surface area contributed by atoms with Gasteiger partial charge in [0.2, 0.25) is 0 Å². The number of nitrogens with one attached hydrogen (secondary N) is 1. The van der Waals surface area contributed by atoms with Crippen LogP contribution in [0.2, 0.25) is 0 Å². The van der Waals surface area contributed by atoms with Crippen molar-refractivity contribution in [2.45, 2.75) is 46.7 Å². The predicted molar refractivity (Wildman–Crippen MR) is 68.7 cm³/mol. The lowest BCUT2D eigenvalue weighted by molar-refractivity contribution is 0.120. The summed E-state index contributed by atoms with van der Waals surface area (Å²) in [4.78, 5) is 15.6. The molecule has 4 heteroatoms. The summed E-state index contributed by atoms with van der Waals surface area (Å²) < 4.78 is 0. The Morgan fingerprint density at radius 3 is 2.50 bits per heavy atom. The van der Waals surface area contributed by atoms with Crippen LogP contribution in [0.25, 0.3) is 0 Å². The molecule has 2 unspecified atom stereocenters. The Kier molecular flexibility index (Phi) is 7.13. The molecule has 1 aliphatic rings. The van der Waals surface area contributed by atoms with E-state index in [1.165, 1.54) is 0 Å². The van der Waals surface area contributed by atoms with E-state index in [0.717, 1.165) is 19.6 Å². The van der Waals surface area contributed by atoms with E-state index in [4.69, 9.17) is 0 Å². The van der Waals surface area contributed by atoms with Crippen molar-refractivity contribution in [3.63, 3.8) is 0 Å². The van der Waals surface area contributed by atoms with Gasteiger partial charge in [0, 0.05) is 38.8 Å². The number of piperazine rings is 1. The third-order valence-corrected chi connectivity index (χ3v) is 3.08. The smallest absolute Gasteiger partial charge is 0.320 e. The van der Waals surface area contributed by atoms with Gasteiger partial charge < -0.3 is 15.1 Å². The molecular weight excluding hydrogens is 202 g/mol. The lowest BCUT2D eigenvalue weighted by Crippen LogP contribution is -2.59. The maximum Gasteiger partial charge on any atom is 0.320 e. The van der Waals surface area contributed by atoms with Crippen molar-refractivity contribution >= 4 is 6.03 Å². The Bertz CT molecular complexity index is 208. The minimum absolute atomic E-state index is 0.147. The predicted octanol–water partition coefficient (Wildman–Crippen LogP) is 1.77. The summed E-state index contributed by atoms with van der Waals surface area (Å²) in [5.41, 5.74) is 0. The Morgan fingerprint density at radius 2 is 2.00 bits per heavy atom. The minimum atomic E-state index is 0.147. The summed E-state index contributed by atoms with van der Waals surface area (Å²) in [5, 5.41) is 3.36. The van der Waals surface area contributed by atoms with Crippen LogP contribution in [0.4, 0.5) is 4.79 Å². The molecule has 0 radical (unpaired) electrons. The molecular formula is C12H27N3O. The second kappa shape index (κ2) is 7.49. The van der Waals surface area contributed by atoms with Crippen LogP contribution in [0.15, 0.2) is 0 Å². The highest BCUT2D eigenvalue weighted by Crippen LogP contribution is 2.10. The van der Waals surface area contributed by atoms with E-state index < -0.39 is 0 Å². The van der Waals surface area contributed by atoms with Gasteiger partial charge in [-0.05, 0) is 20.8 Å². The van der Waals surface area contributed by atoms with E-state index in [1.807, 2.05) is 32.7 Å². The summed E-state index contributed by atoms with van der Waals surface area (Å²) in [6.45, 7) is 12.7. The van der Waals surface area contributed by atoms with Crippen LogP contribution in [0, 0.1) is 0 Å². The fraction of sp³-hybridized carbons (Fsp3) is 0.917. The molecule has 1 saturated heterocycles. The van der Waals surface area contributed by atoms with Crippen LogP contribution in [0.1, 0.15) is 34.6 Å². The van der Waals surface area contributed by atoms with Crippen LogP contribution in [0.3, 0.4) is 0 Å². The van der Waals surface area contributed by atoms with E-state index in [-0.39, 0.29) is 12.1 Å². The van der Waals surface area contributed by atoms with Gasteiger partial charge in [0.25, 0.3) is 0 Å². The Balaban J connectivity index is 0.00000106. The minimum Gasteiger partial charge on any atom is -0.328 e. The van der Waals surface area contributed by atoms with Gasteiger partial charge in [0.1, 0.15) is 0 Å². The van der Waals surface area contributed by atoms with Gasteiger partial charge in [-0.3, -0.25) is 0 Å². The van der Waals surface area contributed by atoms with Crippen LogP contribution >= 0.6 is 0 Å². The van der Waals surface area contributed by atoms with E-state index in [2.05, 4.69) is 19.2 Å². The largest absolute Gasteiger partial charge is 0.328 e. The molecule has 2 atom stereocenters. The topological polar surface area (TPSA) is 35.6 Å². The average Bonchev–Trinajstić information content (AvgIpc) is 2.33. The van der Waals surface area contributed by atoms with Crippen molar-refractivity contribution < 1.29 is 4.79 Å². The zero-order valence-electron chi connectivity index (χ0n) is 11.6. The number of urea groups is 1. The normalized spacial score (nSPS) is 24.5. The van der Waals surface area contributed by atoms with Gasteiger partial charge in [-0.15, -0.1) is 0 Å². The summed E-state index contributed by atoms with van der Waals surface area (Å²) in [6, 6.07) is 0.816. The molecule has 4 nitrogen and oxygen atoms in total. The molecule has 0 aromatic carbocycles. The number of hydrogen-bond acceptors (Lipinski definition) is 2. The highest BCUT2D eigenvalue weighted by molar-refractivity contribution is 5.74. The van der Waals surface area contributed by atoms with Gasteiger partial charge in [-0.1, -0.05) is 13.8 Å². The Morgan fingerprint density at radius 1 is 1.44 bits per heavy atom. The number of nitrogens with zero attached hydrogens (tertiary/aromatic N) is 2. The maximum atomic E-state index is 11.9. The first-order valence-electron chi connectivity index (χ1n) is 6.33. The first-order valence-corrected chi connectivity index (χ1v) is 6.33. The third kappa shape index (κ3) is 3.67. The number of carbonyl (C=O) groups excluding carboxylic acids is 1. The Hall–Kier alpha value is -0.770. The van der Waals surface area contributed by atoms with Crippen molar-refractivity contribution in [3.8, 4) is 0 Å². The SMILES string of the molecule is CC.CCN(C)C(=O)N1CCNC(C)C1C. The van der Waals surface area contributed by atoms with Crippen molar-refractivity contribution in [1.82, 2.24) is 15.1 Å². The number of rotatable bonds is 1. The van der Waals surface area contributed by atoms with Crippen molar-refractivity contribution in [2.75, 3.05) is 26.7 Å². The van der Waals surface area contributed by atoms with Crippen LogP contribution in [0.5, 0.6) is 0 Å². The average molecular weight is 229 g/mol. The molecule has 0 aromatic rings. The van der Waals surface area contributed by atoms with Crippen LogP contribution in [-0.2, 0) is 0 Å². The van der Waals surface area contributed by atoms with Gasteiger partial charge in [-0.25, -0.2) is 4.79 Å². The van der Waals surface area contributed by atoms with Crippen LogP contribution in [-0.4, -0.2) is 54.6 Å². The van der Waals surface area contributed by atoms with Crippen molar-refractivity contribution in [2.24, 2.45) is 0 Å². The van der Waals surface area contributed by atoms with E-state index >= 15 is 0 Å². The van der Waals surface area contributed by atoms with E-state index in [1.54, 1.807) is 4.90 Å². The first kappa shape index (κ1) is 15.2. The lowest BCUT2D eigenvalue weighted by Gasteiger charge is -2.40. The highest BCUT2D eigenvalue weighted by Gasteiger charge is 2.29. The fourth-order valence-electron chi connectivity index (χ4n) is 1.68. The fourth-order valence-corrected chi connectivity index (χ4v) is 1.68. The Labute approximate surface area is 100.0 Å². The molecule has 16 heavy (non-hydrogen) atoms. The van der Waals surface area contributed by atoms with E-state index in [9.17, 15) is 4.79 Å². The molecule has 2 amide bonds. The van der Waals surface area contributed by atoms with E-state index in [0.29, 0.717) is 6.04 Å². The molecule has 96 valence electrons. The third-order valence-electron chi connectivity index (χ3n) is 3.08. The molecule has 0 aromatic heterocycles. The first-order chi connectivity index (χ1) is 7.57. The zero-order chi connectivity index (χ0) is 12.7. The number of carbonyl (C=O) groups is 1. The van der Waals surface area contributed by atoms with Crippen molar-refractivity contribution in [1.29, 1.82) is 0 Å². The summed E-state index contributed by atoms with van der Waals surface area (Å²) in [7, 11) is 1.85. The number of amides is 2. The second-order valence-corrected chi connectivity index (χ2v) is 3.97. The summed E-state index contributed by atoms with van der Waals surface area (Å²) >= 11 is 0. The monoisotopic (exact) mass is 229 g/mol. The lowest BCUT2D eigenvalue weighted by atomic mass is 10.1. The zero-order valence-corrected chi connectivity index (χ0v) is 11.6.